The molecule has 0 saturated heterocycles. The van der Waals surface area contributed by atoms with E-state index < -0.39 is 0 Å². The quantitative estimate of drug-likeness (QED) is 0.583. The molecule has 0 atom stereocenters. The zero-order chi connectivity index (χ0) is 18.2. The van der Waals surface area contributed by atoms with Gasteiger partial charge in [0.25, 0.3) is 0 Å². The first-order valence-electron chi connectivity index (χ1n) is 7.65. The van der Waals surface area contributed by atoms with Gasteiger partial charge in [0.05, 0.1) is 5.75 Å². The lowest BCUT2D eigenvalue weighted by atomic mass is 10.1. The van der Waals surface area contributed by atoms with E-state index in [0.717, 1.165) is 0 Å². The van der Waals surface area contributed by atoms with Gasteiger partial charge in [0.2, 0.25) is 11.8 Å². The van der Waals surface area contributed by atoms with E-state index in [2.05, 4.69) is 20.8 Å². The van der Waals surface area contributed by atoms with Crippen LogP contribution in [0.2, 0.25) is 0 Å². The Labute approximate surface area is 149 Å². The summed E-state index contributed by atoms with van der Waals surface area (Å²) in [4.78, 5) is 34.4. The van der Waals surface area contributed by atoms with E-state index in [1.54, 1.807) is 43.3 Å². The summed E-state index contributed by atoms with van der Waals surface area (Å²) in [6, 6.07) is 10.0. The molecule has 1 aromatic carbocycles. The zero-order valence-corrected chi connectivity index (χ0v) is 14.7. The van der Waals surface area contributed by atoms with Gasteiger partial charge in [0.1, 0.15) is 5.03 Å². The van der Waals surface area contributed by atoms with Crippen LogP contribution in [0, 0.1) is 0 Å². The van der Waals surface area contributed by atoms with Crippen LogP contribution in [0.3, 0.4) is 0 Å². The average Bonchev–Trinajstić information content (AvgIpc) is 2.61. The third kappa shape index (κ3) is 6.00. The van der Waals surface area contributed by atoms with E-state index in [1.165, 1.54) is 18.7 Å². The van der Waals surface area contributed by atoms with Gasteiger partial charge >= 0.3 is 0 Å². The molecule has 0 spiro atoms. The monoisotopic (exact) mass is 358 g/mol. The maximum absolute atomic E-state index is 12.0. The van der Waals surface area contributed by atoms with Crippen molar-refractivity contribution < 1.29 is 14.4 Å². The second-order valence-corrected chi connectivity index (χ2v) is 6.12. The van der Waals surface area contributed by atoms with Crippen LogP contribution < -0.4 is 10.6 Å². The first-order valence-corrected chi connectivity index (χ1v) is 8.63. The Bertz CT molecular complexity index is 760. The molecule has 0 radical (unpaired) electrons. The summed E-state index contributed by atoms with van der Waals surface area (Å²) >= 11 is 1.24. The fourth-order valence-corrected chi connectivity index (χ4v) is 2.43. The van der Waals surface area contributed by atoms with Crippen LogP contribution in [-0.2, 0) is 9.59 Å². The van der Waals surface area contributed by atoms with Gasteiger partial charge in [0.15, 0.2) is 11.6 Å². The molecule has 0 aliphatic carbocycles. The van der Waals surface area contributed by atoms with E-state index in [9.17, 15) is 14.4 Å². The third-order valence-corrected chi connectivity index (χ3v) is 4.08. The van der Waals surface area contributed by atoms with Gasteiger partial charge in [-0.1, -0.05) is 18.7 Å². The summed E-state index contributed by atoms with van der Waals surface area (Å²) in [6.07, 6.45) is 0.367. The van der Waals surface area contributed by atoms with Gasteiger partial charge in [-0.05, 0) is 43.3 Å². The zero-order valence-electron chi connectivity index (χ0n) is 13.9. The highest BCUT2D eigenvalue weighted by Gasteiger charge is 2.07. The van der Waals surface area contributed by atoms with Crippen LogP contribution in [-0.4, -0.2) is 33.5 Å². The standard InChI is InChI=1S/C17H18N4O3S/c1-3-15(23)19-14-8-9-17(21-20-14)25-10-16(24)18-13-6-4-12(5-7-13)11(2)22/h4-9H,3,10H2,1-2H3,(H,18,24)(H,19,20,23). The van der Waals surface area contributed by atoms with Crippen molar-refractivity contribution in [2.45, 2.75) is 25.3 Å². The molecule has 2 aromatic rings. The number of carbonyl (C=O) groups excluding carboxylic acids is 3. The molecule has 1 aromatic heterocycles. The van der Waals surface area contributed by atoms with Gasteiger partial charge in [-0.25, -0.2) is 0 Å². The number of carbonyl (C=O) groups is 3. The molecule has 0 bridgehead atoms. The molecule has 25 heavy (non-hydrogen) atoms. The summed E-state index contributed by atoms with van der Waals surface area (Å²) in [5, 5.41) is 13.8. The van der Waals surface area contributed by atoms with Crippen molar-refractivity contribution in [1.29, 1.82) is 0 Å². The molecular weight excluding hydrogens is 340 g/mol. The van der Waals surface area contributed by atoms with Crippen molar-refractivity contribution >= 4 is 40.9 Å². The number of hydrogen-bond donors (Lipinski definition) is 2. The van der Waals surface area contributed by atoms with Crippen LogP contribution in [0.4, 0.5) is 11.5 Å². The smallest absolute Gasteiger partial charge is 0.234 e. The number of hydrogen-bond acceptors (Lipinski definition) is 6. The van der Waals surface area contributed by atoms with Crippen LogP contribution in [0.25, 0.3) is 0 Å². The van der Waals surface area contributed by atoms with Gasteiger partial charge < -0.3 is 10.6 Å². The van der Waals surface area contributed by atoms with Crippen LogP contribution in [0.1, 0.15) is 30.6 Å². The van der Waals surface area contributed by atoms with E-state index in [0.29, 0.717) is 28.5 Å². The van der Waals surface area contributed by atoms with Crippen LogP contribution in [0.15, 0.2) is 41.4 Å². The first-order chi connectivity index (χ1) is 12.0. The Morgan fingerprint density at radius 2 is 1.68 bits per heavy atom. The van der Waals surface area contributed by atoms with E-state index >= 15 is 0 Å². The molecule has 2 N–H and O–H groups in total. The molecule has 7 nitrogen and oxygen atoms in total. The number of thioether (sulfide) groups is 1. The highest BCUT2D eigenvalue weighted by Crippen LogP contribution is 2.16. The normalized spacial score (nSPS) is 10.2. The third-order valence-electron chi connectivity index (χ3n) is 3.16. The number of anilines is 2. The topological polar surface area (TPSA) is 101 Å². The Kier molecular flexibility index (Phi) is 6.64. The Morgan fingerprint density at radius 1 is 0.960 bits per heavy atom. The average molecular weight is 358 g/mol. The lowest BCUT2D eigenvalue weighted by Crippen LogP contribution is -2.14. The Hall–Kier alpha value is -2.74. The summed E-state index contributed by atoms with van der Waals surface area (Å²) < 4.78 is 0. The van der Waals surface area contributed by atoms with Gasteiger partial charge in [-0.2, -0.15) is 0 Å². The minimum Gasteiger partial charge on any atom is -0.325 e. The number of nitrogens with one attached hydrogen (secondary N) is 2. The number of amides is 2. The second-order valence-electron chi connectivity index (χ2n) is 5.13. The highest BCUT2D eigenvalue weighted by atomic mass is 32.2. The molecule has 130 valence electrons. The molecule has 2 amide bonds. The van der Waals surface area contributed by atoms with Gasteiger partial charge in [0, 0.05) is 17.7 Å². The summed E-state index contributed by atoms with van der Waals surface area (Å²) in [6.45, 7) is 3.24. The molecule has 0 fully saturated rings. The van der Waals surface area contributed by atoms with Crippen LogP contribution >= 0.6 is 11.8 Å². The highest BCUT2D eigenvalue weighted by molar-refractivity contribution is 7.99. The molecular formula is C17H18N4O3S. The maximum atomic E-state index is 12.0. The lowest BCUT2D eigenvalue weighted by molar-refractivity contribution is -0.116. The summed E-state index contributed by atoms with van der Waals surface area (Å²) in [5.41, 5.74) is 1.22. The number of ketones is 1. The SMILES string of the molecule is CCC(=O)Nc1ccc(SCC(=O)Nc2ccc(C(C)=O)cc2)nn1. The Balaban J connectivity index is 1.83. The largest absolute Gasteiger partial charge is 0.325 e. The van der Waals surface area contributed by atoms with E-state index in [1.807, 2.05) is 0 Å². The second kappa shape index (κ2) is 8.93. The van der Waals surface area contributed by atoms with Crippen LogP contribution in [0.5, 0.6) is 0 Å². The summed E-state index contributed by atoms with van der Waals surface area (Å²) in [7, 11) is 0. The molecule has 2 rings (SSSR count). The number of Topliss-reactive ketones (excluding diaryl/α,β-unsaturated/α-hetero) is 1. The molecule has 8 heteroatoms. The van der Waals surface area contributed by atoms with Crippen molar-refractivity contribution in [2.24, 2.45) is 0 Å². The molecule has 0 aliphatic heterocycles. The number of benzene rings is 1. The molecule has 0 aliphatic rings. The predicted octanol–water partition coefficient (Wildman–Crippen LogP) is 2.76. The fraction of sp³-hybridized carbons (Fsp3) is 0.235. The first kappa shape index (κ1) is 18.6. The minimum atomic E-state index is -0.189. The molecule has 0 unspecified atom stereocenters. The van der Waals surface area contributed by atoms with Crippen molar-refractivity contribution in [1.82, 2.24) is 10.2 Å². The maximum Gasteiger partial charge on any atom is 0.234 e. The Morgan fingerprint density at radius 3 is 2.24 bits per heavy atom. The van der Waals surface area contributed by atoms with Crippen molar-refractivity contribution in [3.8, 4) is 0 Å². The number of aromatic nitrogens is 2. The van der Waals surface area contributed by atoms with Crippen molar-refractivity contribution in [3.63, 3.8) is 0 Å². The number of rotatable bonds is 7. The predicted molar refractivity (Wildman–Crippen MR) is 96.8 cm³/mol. The fourth-order valence-electron chi connectivity index (χ4n) is 1.82. The van der Waals surface area contributed by atoms with Gasteiger partial charge in [-0.15, -0.1) is 10.2 Å². The van der Waals surface area contributed by atoms with E-state index in [-0.39, 0.29) is 23.4 Å². The van der Waals surface area contributed by atoms with Crippen molar-refractivity contribution in [2.75, 3.05) is 16.4 Å². The molecule has 0 saturated carbocycles. The molecule has 1 heterocycles. The van der Waals surface area contributed by atoms with E-state index in [4.69, 9.17) is 0 Å². The van der Waals surface area contributed by atoms with Gasteiger partial charge in [-0.3, -0.25) is 14.4 Å². The number of nitrogens with zero attached hydrogens (tertiary/aromatic N) is 2. The summed E-state index contributed by atoms with van der Waals surface area (Å²) in [5.74, 6) is 0.205. The minimum absolute atomic E-state index is 0.0226. The van der Waals surface area contributed by atoms with Crippen molar-refractivity contribution in [3.05, 3.63) is 42.0 Å². The lowest BCUT2D eigenvalue weighted by Gasteiger charge is -2.06.